The highest BCUT2D eigenvalue weighted by Crippen LogP contribution is 2.03. The molecular weight excluding hydrogens is 594 g/mol. The van der Waals surface area contributed by atoms with Gasteiger partial charge in [0, 0.05) is 13.0 Å². The zero-order valence-corrected chi connectivity index (χ0v) is 27.9. The third-order valence-corrected chi connectivity index (χ3v) is 5.71. The van der Waals surface area contributed by atoms with Crippen molar-refractivity contribution in [1.29, 1.82) is 0 Å². The molecule has 270 valence electrons. The third kappa shape index (κ3) is 41.0. The first-order valence-corrected chi connectivity index (χ1v) is 16.5. The number of rotatable bonds is 40. The van der Waals surface area contributed by atoms with Gasteiger partial charge in [0.05, 0.1) is 145 Å². The Morgan fingerprint density at radius 1 is 0.378 bits per heavy atom. The first-order valence-electron chi connectivity index (χ1n) is 16.5. The average Bonchev–Trinajstić information content (AvgIpc) is 3.05. The van der Waals surface area contributed by atoms with Crippen molar-refractivity contribution in [3.63, 3.8) is 0 Å². The van der Waals surface area contributed by atoms with Crippen LogP contribution in [-0.4, -0.2) is 164 Å². The second-order valence-electron chi connectivity index (χ2n) is 9.56. The Kier molecular flexibility index (Phi) is 40.1. The fraction of sp³-hybridized carbons (Fsp3) is 0.968. The van der Waals surface area contributed by atoms with E-state index in [4.69, 9.17) is 62.6 Å². The van der Waals surface area contributed by atoms with E-state index in [-0.39, 0.29) is 12.6 Å². The molecule has 0 unspecified atom stereocenters. The van der Waals surface area contributed by atoms with Crippen LogP contribution in [0.5, 0.6) is 0 Å². The molecule has 0 aromatic heterocycles. The summed E-state index contributed by atoms with van der Waals surface area (Å²) in [4.78, 5) is 11.5. The van der Waals surface area contributed by atoms with Gasteiger partial charge in [-0.05, 0) is 6.42 Å². The molecule has 0 bridgehead atoms. The summed E-state index contributed by atoms with van der Waals surface area (Å²) in [6.45, 7) is 14.0. The van der Waals surface area contributed by atoms with Gasteiger partial charge in [0.25, 0.3) is 0 Å². The number of nitrogens with two attached hydrogens (primary N) is 1. The zero-order chi connectivity index (χ0) is 32.6. The van der Waals surface area contributed by atoms with E-state index < -0.39 is 0 Å². The topological polar surface area (TPSA) is 154 Å². The molecule has 45 heavy (non-hydrogen) atoms. The summed E-state index contributed by atoms with van der Waals surface area (Å²) in [7, 11) is 0. The van der Waals surface area contributed by atoms with Gasteiger partial charge in [-0.15, -0.1) is 0 Å². The Balaban J connectivity index is 3.07. The van der Waals surface area contributed by atoms with Crippen molar-refractivity contribution >= 4 is 5.97 Å². The maximum absolute atomic E-state index is 11.5. The molecule has 0 amide bonds. The van der Waals surface area contributed by atoms with E-state index in [2.05, 4.69) is 6.92 Å². The Morgan fingerprint density at radius 3 is 0.911 bits per heavy atom. The molecule has 0 aromatic rings. The fourth-order valence-electron chi connectivity index (χ4n) is 3.37. The lowest BCUT2D eigenvalue weighted by Crippen LogP contribution is -2.16. The molecule has 0 spiro atoms. The van der Waals surface area contributed by atoms with E-state index in [0.717, 1.165) is 25.7 Å². The Labute approximate surface area is 271 Å². The SMILES string of the molecule is CCCCCCC(=O)OCCOCCOCCOCCOCCOCCOCCOCCOCCOCCOCCOCCN. The summed E-state index contributed by atoms with van der Waals surface area (Å²) in [6, 6.07) is 0. The fourth-order valence-corrected chi connectivity index (χ4v) is 3.37. The summed E-state index contributed by atoms with van der Waals surface area (Å²) >= 11 is 0. The van der Waals surface area contributed by atoms with Crippen LogP contribution in [-0.2, 0) is 61.6 Å². The van der Waals surface area contributed by atoms with Crippen LogP contribution in [0.1, 0.15) is 39.0 Å². The number of carbonyl (C=O) groups is 1. The molecule has 0 radical (unpaired) electrons. The summed E-state index contributed by atoms with van der Waals surface area (Å²) in [6.07, 6.45) is 4.76. The maximum atomic E-state index is 11.5. The maximum Gasteiger partial charge on any atom is 0.305 e. The number of esters is 1. The minimum atomic E-state index is -0.153. The molecule has 14 nitrogen and oxygen atoms in total. The van der Waals surface area contributed by atoms with E-state index >= 15 is 0 Å². The third-order valence-electron chi connectivity index (χ3n) is 5.71. The Hall–Kier alpha value is -1.01. The number of ether oxygens (including phenoxy) is 12. The second kappa shape index (κ2) is 41.0. The summed E-state index contributed by atoms with van der Waals surface area (Å²) in [5.74, 6) is -0.153. The van der Waals surface area contributed by atoms with Gasteiger partial charge >= 0.3 is 5.97 Å². The molecule has 0 saturated heterocycles. The van der Waals surface area contributed by atoms with Crippen LogP contribution in [0.3, 0.4) is 0 Å². The normalized spacial score (nSPS) is 11.4. The van der Waals surface area contributed by atoms with Gasteiger partial charge in [0.2, 0.25) is 0 Å². The Morgan fingerprint density at radius 2 is 0.644 bits per heavy atom. The Bertz CT molecular complexity index is 564. The van der Waals surface area contributed by atoms with Crippen molar-refractivity contribution in [1.82, 2.24) is 0 Å². The lowest BCUT2D eigenvalue weighted by molar-refractivity contribution is -0.145. The highest BCUT2D eigenvalue weighted by atomic mass is 16.6. The van der Waals surface area contributed by atoms with Crippen LogP contribution < -0.4 is 5.73 Å². The molecule has 14 heteroatoms. The van der Waals surface area contributed by atoms with Crippen LogP contribution >= 0.6 is 0 Å². The molecule has 0 aliphatic carbocycles. The molecule has 0 aliphatic heterocycles. The van der Waals surface area contributed by atoms with Crippen LogP contribution in [0.2, 0.25) is 0 Å². The van der Waals surface area contributed by atoms with Crippen molar-refractivity contribution in [2.24, 2.45) is 5.73 Å². The molecule has 0 aliphatic rings. The van der Waals surface area contributed by atoms with Gasteiger partial charge < -0.3 is 62.6 Å². The highest BCUT2D eigenvalue weighted by molar-refractivity contribution is 5.69. The minimum Gasteiger partial charge on any atom is -0.463 e. The monoisotopic (exact) mass is 657 g/mol. The van der Waals surface area contributed by atoms with Gasteiger partial charge in [-0.2, -0.15) is 0 Å². The van der Waals surface area contributed by atoms with E-state index in [9.17, 15) is 4.79 Å². The van der Waals surface area contributed by atoms with Crippen molar-refractivity contribution in [2.45, 2.75) is 39.0 Å². The van der Waals surface area contributed by atoms with Gasteiger partial charge in [0.1, 0.15) is 6.61 Å². The number of unbranched alkanes of at least 4 members (excludes halogenated alkanes) is 3. The molecule has 0 rings (SSSR count). The van der Waals surface area contributed by atoms with Crippen molar-refractivity contribution in [3.05, 3.63) is 0 Å². The first kappa shape index (κ1) is 44.0. The number of carbonyl (C=O) groups excluding carboxylic acids is 1. The first-order chi connectivity index (χ1) is 22.3. The number of hydrogen-bond donors (Lipinski definition) is 1. The molecular formula is C31H63NO13. The lowest BCUT2D eigenvalue weighted by atomic mass is 10.2. The standard InChI is InChI=1S/C31H63NO13/c1-2-3-4-5-6-31(33)45-30-29-44-28-27-43-26-25-42-24-23-41-22-21-40-20-19-39-18-17-38-16-15-37-14-13-36-12-11-35-10-9-34-8-7-32/h2-30,32H2,1H3. The van der Waals surface area contributed by atoms with Crippen molar-refractivity contribution < 1.29 is 61.6 Å². The number of hydrogen-bond acceptors (Lipinski definition) is 14. The van der Waals surface area contributed by atoms with Crippen LogP contribution in [0, 0.1) is 0 Å². The van der Waals surface area contributed by atoms with E-state index in [1.807, 2.05) is 0 Å². The van der Waals surface area contributed by atoms with E-state index in [0.29, 0.717) is 158 Å². The smallest absolute Gasteiger partial charge is 0.305 e. The van der Waals surface area contributed by atoms with Gasteiger partial charge in [-0.1, -0.05) is 26.2 Å². The summed E-state index contributed by atoms with van der Waals surface area (Å²) in [5.41, 5.74) is 5.33. The molecule has 2 N–H and O–H groups in total. The molecule has 0 fully saturated rings. The molecule has 0 heterocycles. The second-order valence-corrected chi connectivity index (χ2v) is 9.56. The minimum absolute atomic E-state index is 0.153. The van der Waals surface area contributed by atoms with Crippen molar-refractivity contribution in [2.75, 3.05) is 159 Å². The predicted molar refractivity (Wildman–Crippen MR) is 168 cm³/mol. The van der Waals surface area contributed by atoms with Gasteiger partial charge in [-0.3, -0.25) is 4.79 Å². The highest BCUT2D eigenvalue weighted by Gasteiger charge is 2.02. The van der Waals surface area contributed by atoms with Gasteiger partial charge in [-0.25, -0.2) is 0 Å². The lowest BCUT2D eigenvalue weighted by Gasteiger charge is -2.09. The van der Waals surface area contributed by atoms with E-state index in [1.54, 1.807) is 0 Å². The van der Waals surface area contributed by atoms with Gasteiger partial charge in [0.15, 0.2) is 0 Å². The summed E-state index contributed by atoms with van der Waals surface area (Å²) < 4.78 is 64.7. The van der Waals surface area contributed by atoms with Crippen LogP contribution in [0.25, 0.3) is 0 Å². The quantitative estimate of drug-likeness (QED) is 0.0750. The average molecular weight is 658 g/mol. The van der Waals surface area contributed by atoms with Crippen molar-refractivity contribution in [3.8, 4) is 0 Å². The van der Waals surface area contributed by atoms with E-state index in [1.165, 1.54) is 0 Å². The van der Waals surface area contributed by atoms with Crippen LogP contribution in [0.4, 0.5) is 0 Å². The molecule has 0 aromatic carbocycles. The summed E-state index contributed by atoms with van der Waals surface area (Å²) in [5, 5.41) is 0. The molecule has 0 saturated carbocycles. The zero-order valence-electron chi connectivity index (χ0n) is 27.9. The van der Waals surface area contributed by atoms with Crippen LogP contribution in [0.15, 0.2) is 0 Å². The predicted octanol–water partition coefficient (Wildman–Crippen LogP) is 1.64. The largest absolute Gasteiger partial charge is 0.463 e. The molecule has 0 atom stereocenters.